The molecule has 1 fully saturated rings. The molecule has 6 nitrogen and oxygen atoms in total. The summed E-state index contributed by atoms with van der Waals surface area (Å²) in [6, 6.07) is 6.53. The SMILES string of the molecule is CCS(=O)(=O)NCC(=O)N1CCN(c2ccccc2F)CC1. The highest BCUT2D eigenvalue weighted by atomic mass is 32.2. The first kappa shape index (κ1) is 16.7. The van der Waals surface area contributed by atoms with Crippen molar-refractivity contribution >= 4 is 21.6 Å². The van der Waals surface area contributed by atoms with Crippen LogP contribution in [0.1, 0.15) is 6.92 Å². The number of hydrogen-bond acceptors (Lipinski definition) is 4. The van der Waals surface area contributed by atoms with Gasteiger partial charge in [-0.15, -0.1) is 0 Å². The van der Waals surface area contributed by atoms with Crippen LogP contribution < -0.4 is 9.62 Å². The number of carbonyl (C=O) groups excluding carboxylic acids is 1. The lowest BCUT2D eigenvalue weighted by Crippen LogP contribution is -2.51. The Kier molecular flexibility index (Phi) is 5.36. The van der Waals surface area contributed by atoms with Gasteiger partial charge in [0, 0.05) is 26.2 Å². The molecule has 1 saturated heterocycles. The lowest BCUT2D eigenvalue weighted by atomic mass is 10.2. The second-order valence-corrected chi connectivity index (χ2v) is 7.14. The number of halogens is 1. The highest BCUT2D eigenvalue weighted by Gasteiger charge is 2.23. The summed E-state index contributed by atoms with van der Waals surface area (Å²) in [6.45, 7) is 3.22. The Bertz CT molecular complexity index is 628. The van der Waals surface area contributed by atoms with E-state index >= 15 is 0 Å². The fourth-order valence-electron chi connectivity index (χ4n) is 2.29. The molecular formula is C14H20FN3O3S. The number of piperazine rings is 1. The van der Waals surface area contributed by atoms with Gasteiger partial charge in [-0.2, -0.15) is 0 Å². The highest BCUT2D eigenvalue weighted by molar-refractivity contribution is 7.89. The molecule has 0 saturated carbocycles. The summed E-state index contributed by atoms with van der Waals surface area (Å²) in [5.41, 5.74) is 0.529. The quantitative estimate of drug-likeness (QED) is 0.850. The number of nitrogens with zero attached hydrogens (tertiary/aromatic N) is 2. The van der Waals surface area contributed by atoms with E-state index in [2.05, 4.69) is 4.72 Å². The van der Waals surface area contributed by atoms with Crippen molar-refractivity contribution < 1.29 is 17.6 Å². The number of carbonyl (C=O) groups is 1. The second kappa shape index (κ2) is 7.06. The smallest absolute Gasteiger partial charge is 0.237 e. The summed E-state index contributed by atoms with van der Waals surface area (Å²) in [5.74, 6) is -0.593. The van der Waals surface area contributed by atoms with Crippen LogP contribution in [0, 0.1) is 5.82 Å². The van der Waals surface area contributed by atoms with Crippen molar-refractivity contribution in [2.45, 2.75) is 6.92 Å². The minimum atomic E-state index is -3.37. The van der Waals surface area contributed by atoms with Crippen LogP contribution in [0.2, 0.25) is 0 Å². The normalized spacial score (nSPS) is 15.9. The molecule has 1 aromatic carbocycles. The number of para-hydroxylation sites is 1. The molecule has 22 heavy (non-hydrogen) atoms. The Morgan fingerprint density at radius 1 is 1.23 bits per heavy atom. The number of hydrogen-bond donors (Lipinski definition) is 1. The lowest BCUT2D eigenvalue weighted by Gasteiger charge is -2.36. The van der Waals surface area contributed by atoms with E-state index in [1.807, 2.05) is 4.90 Å². The van der Waals surface area contributed by atoms with Crippen molar-refractivity contribution in [1.82, 2.24) is 9.62 Å². The Balaban J connectivity index is 1.87. The third-order valence-corrected chi connectivity index (χ3v) is 4.99. The number of sulfonamides is 1. The van der Waals surface area contributed by atoms with Gasteiger partial charge in [0.2, 0.25) is 15.9 Å². The van der Waals surface area contributed by atoms with Gasteiger partial charge in [0.25, 0.3) is 0 Å². The Labute approximate surface area is 130 Å². The molecule has 1 aliphatic rings. The van der Waals surface area contributed by atoms with Crippen LogP contribution in [-0.2, 0) is 14.8 Å². The maximum atomic E-state index is 13.7. The summed E-state index contributed by atoms with van der Waals surface area (Å²) >= 11 is 0. The molecular weight excluding hydrogens is 309 g/mol. The van der Waals surface area contributed by atoms with Crippen LogP contribution in [-0.4, -0.2) is 57.7 Å². The van der Waals surface area contributed by atoms with Crippen LogP contribution in [0.25, 0.3) is 0 Å². The molecule has 8 heteroatoms. The first-order chi connectivity index (χ1) is 10.4. The van der Waals surface area contributed by atoms with Crippen molar-refractivity contribution in [1.29, 1.82) is 0 Å². The lowest BCUT2D eigenvalue weighted by molar-refractivity contribution is -0.130. The summed E-state index contributed by atoms with van der Waals surface area (Å²) in [7, 11) is -3.37. The fourth-order valence-corrected chi connectivity index (χ4v) is 2.84. The van der Waals surface area contributed by atoms with Crippen molar-refractivity contribution in [3.05, 3.63) is 30.1 Å². The molecule has 1 heterocycles. The van der Waals surface area contributed by atoms with Gasteiger partial charge in [0.1, 0.15) is 5.82 Å². The Morgan fingerprint density at radius 2 is 1.86 bits per heavy atom. The molecule has 1 amide bonds. The van der Waals surface area contributed by atoms with E-state index < -0.39 is 10.0 Å². The summed E-state index contributed by atoms with van der Waals surface area (Å²) in [4.78, 5) is 15.5. The monoisotopic (exact) mass is 329 g/mol. The zero-order valence-corrected chi connectivity index (χ0v) is 13.3. The highest BCUT2D eigenvalue weighted by Crippen LogP contribution is 2.20. The average Bonchev–Trinajstić information content (AvgIpc) is 2.53. The van der Waals surface area contributed by atoms with Crippen LogP contribution in [0.4, 0.5) is 10.1 Å². The Morgan fingerprint density at radius 3 is 2.45 bits per heavy atom. The molecule has 0 bridgehead atoms. The second-order valence-electron chi connectivity index (χ2n) is 5.04. The minimum Gasteiger partial charge on any atom is -0.366 e. The van der Waals surface area contributed by atoms with Crippen LogP contribution >= 0.6 is 0 Å². The molecule has 2 rings (SSSR count). The van der Waals surface area contributed by atoms with E-state index in [1.165, 1.54) is 13.0 Å². The third kappa shape index (κ3) is 4.17. The number of nitrogens with one attached hydrogen (secondary N) is 1. The van der Waals surface area contributed by atoms with Gasteiger partial charge >= 0.3 is 0 Å². The minimum absolute atomic E-state index is 0.0542. The van der Waals surface area contributed by atoms with E-state index in [9.17, 15) is 17.6 Å². The van der Waals surface area contributed by atoms with E-state index in [0.29, 0.717) is 31.9 Å². The van der Waals surface area contributed by atoms with Gasteiger partial charge in [-0.1, -0.05) is 12.1 Å². The van der Waals surface area contributed by atoms with Gasteiger partial charge in [-0.3, -0.25) is 4.79 Å². The number of rotatable bonds is 5. The number of benzene rings is 1. The number of amides is 1. The molecule has 1 aliphatic heterocycles. The summed E-state index contributed by atoms with van der Waals surface area (Å²) in [6.07, 6.45) is 0. The average molecular weight is 329 g/mol. The third-order valence-electron chi connectivity index (χ3n) is 3.65. The molecule has 0 unspecified atom stereocenters. The molecule has 0 atom stereocenters. The molecule has 1 N–H and O–H groups in total. The van der Waals surface area contributed by atoms with Gasteiger partial charge in [0.05, 0.1) is 18.0 Å². The largest absolute Gasteiger partial charge is 0.366 e. The van der Waals surface area contributed by atoms with E-state index in [4.69, 9.17) is 0 Å². The first-order valence-electron chi connectivity index (χ1n) is 7.17. The van der Waals surface area contributed by atoms with Crippen LogP contribution in [0.15, 0.2) is 24.3 Å². The molecule has 1 aromatic rings. The maximum Gasteiger partial charge on any atom is 0.237 e. The van der Waals surface area contributed by atoms with E-state index in [1.54, 1.807) is 23.1 Å². The zero-order valence-electron chi connectivity index (χ0n) is 12.5. The predicted octanol–water partition coefficient (Wildman–Crippen LogP) is 0.414. The Hall–Kier alpha value is -1.67. The van der Waals surface area contributed by atoms with Gasteiger partial charge in [0.15, 0.2) is 0 Å². The van der Waals surface area contributed by atoms with Crippen LogP contribution in [0.5, 0.6) is 0 Å². The maximum absolute atomic E-state index is 13.7. The summed E-state index contributed by atoms with van der Waals surface area (Å²) < 4.78 is 38.6. The van der Waals surface area contributed by atoms with Gasteiger partial charge in [-0.25, -0.2) is 17.5 Å². The van der Waals surface area contributed by atoms with Crippen LogP contribution in [0.3, 0.4) is 0 Å². The molecule has 122 valence electrons. The first-order valence-corrected chi connectivity index (χ1v) is 8.83. The van der Waals surface area contributed by atoms with Crippen molar-refractivity contribution in [2.75, 3.05) is 43.4 Å². The van der Waals surface area contributed by atoms with Gasteiger partial charge < -0.3 is 9.80 Å². The van der Waals surface area contributed by atoms with E-state index in [0.717, 1.165) is 0 Å². The van der Waals surface area contributed by atoms with Crippen molar-refractivity contribution in [3.8, 4) is 0 Å². The zero-order chi connectivity index (χ0) is 16.2. The molecule has 0 aromatic heterocycles. The topological polar surface area (TPSA) is 69.7 Å². The number of anilines is 1. The molecule has 0 radical (unpaired) electrons. The van der Waals surface area contributed by atoms with Crippen molar-refractivity contribution in [3.63, 3.8) is 0 Å². The van der Waals surface area contributed by atoms with Crippen molar-refractivity contribution in [2.24, 2.45) is 0 Å². The predicted molar refractivity (Wildman–Crippen MR) is 82.7 cm³/mol. The van der Waals surface area contributed by atoms with E-state index in [-0.39, 0.29) is 24.0 Å². The fraction of sp³-hybridized carbons (Fsp3) is 0.500. The molecule has 0 aliphatic carbocycles. The summed E-state index contributed by atoms with van der Waals surface area (Å²) in [5, 5.41) is 0. The van der Waals surface area contributed by atoms with Gasteiger partial charge in [-0.05, 0) is 19.1 Å². The molecule has 0 spiro atoms. The standard InChI is InChI=1S/C14H20FN3O3S/c1-2-22(20,21)16-11-14(19)18-9-7-17(8-10-18)13-6-4-3-5-12(13)15/h3-6,16H,2,7-11H2,1H3.